The molecular weight excluding hydrogens is 268 g/mol. The molecule has 110 valence electrons. The Labute approximate surface area is 123 Å². The van der Waals surface area contributed by atoms with Gasteiger partial charge >= 0.3 is 0 Å². The summed E-state index contributed by atoms with van der Waals surface area (Å²) >= 11 is 0. The molecule has 0 aliphatic rings. The van der Waals surface area contributed by atoms with Crippen molar-refractivity contribution in [2.24, 2.45) is 0 Å². The maximum Gasteiger partial charge on any atom is 0.271 e. The number of anilines is 2. The molecule has 0 atom stereocenters. The zero-order valence-electron chi connectivity index (χ0n) is 12.3. The average molecular weight is 286 g/mol. The predicted molar refractivity (Wildman–Crippen MR) is 80.9 cm³/mol. The van der Waals surface area contributed by atoms with Crippen molar-refractivity contribution in [3.63, 3.8) is 0 Å². The Balaban J connectivity index is 2.06. The van der Waals surface area contributed by atoms with E-state index < -0.39 is 0 Å². The van der Waals surface area contributed by atoms with Gasteiger partial charge in [0.15, 0.2) is 11.5 Å². The number of nitrogens with one attached hydrogen (secondary N) is 2. The molecule has 6 nitrogen and oxygen atoms in total. The molecule has 0 fully saturated rings. The Bertz CT molecular complexity index is 611. The second kappa shape index (κ2) is 6.69. The quantitative estimate of drug-likeness (QED) is 0.882. The molecule has 0 aliphatic carbocycles. The largest absolute Gasteiger partial charge is 0.497 e. The first-order chi connectivity index (χ1) is 10.1. The van der Waals surface area contributed by atoms with Gasteiger partial charge < -0.3 is 15.4 Å². The van der Waals surface area contributed by atoms with E-state index in [0.717, 1.165) is 11.4 Å². The number of methoxy groups -OCH3 is 1. The number of carbonyl (C=O) groups excluding carboxylic acids is 1. The van der Waals surface area contributed by atoms with Crippen LogP contribution in [0.2, 0.25) is 0 Å². The van der Waals surface area contributed by atoms with Crippen LogP contribution < -0.4 is 15.4 Å². The molecule has 1 aromatic heterocycles. The van der Waals surface area contributed by atoms with Gasteiger partial charge in [0.25, 0.3) is 5.91 Å². The second-order valence-electron chi connectivity index (χ2n) is 4.79. The van der Waals surface area contributed by atoms with Gasteiger partial charge in [-0.2, -0.15) is 0 Å². The van der Waals surface area contributed by atoms with Crippen molar-refractivity contribution >= 4 is 17.4 Å². The molecule has 0 radical (unpaired) electrons. The zero-order valence-corrected chi connectivity index (χ0v) is 12.3. The molecule has 2 N–H and O–H groups in total. The summed E-state index contributed by atoms with van der Waals surface area (Å²) in [5.74, 6) is 1.08. The summed E-state index contributed by atoms with van der Waals surface area (Å²) in [5, 5.41) is 13.8. The van der Waals surface area contributed by atoms with Crippen LogP contribution in [0.3, 0.4) is 0 Å². The normalized spacial score (nSPS) is 10.3. The molecule has 1 aromatic carbocycles. The Kier molecular flexibility index (Phi) is 4.71. The lowest BCUT2D eigenvalue weighted by atomic mass is 10.3. The number of hydrogen-bond acceptors (Lipinski definition) is 5. The molecule has 0 unspecified atom stereocenters. The minimum atomic E-state index is -0.231. The lowest BCUT2D eigenvalue weighted by molar-refractivity contribution is 0.0937. The number of hydrogen-bond donors (Lipinski definition) is 2. The van der Waals surface area contributed by atoms with E-state index in [1.807, 2.05) is 38.1 Å². The Morgan fingerprint density at radius 2 is 2.00 bits per heavy atom. The first-order valence-electron chi connectivity index (χ1n) is 6.64. The van der Waals surface area contributed by atoms with Crippen molar-refractivity contribution in [1.82, 2.24) is 15.5 Å². The van der Waals surface area contributed by atoms with Gasteiger partial charge in [-0.1, -0.05) is 6.07 Å². The van der Waals surface area contributed by atoms with E-state index in [1.165, 1.54) is 0 Å². The highest BCUT2D eigenvalue weighted by Crippen LogP contribution is 2.19. The summed E-state index contributed by atoms with van der Waals surface area (Å²) < 4.78 is 5.15. The first kappa shape index (κ1) is 14.8. The van der Waals surface area contributed by atoms with E-state index in [9.17, 15) is 4.79 Å². The third-order valence-corrected chi connectivity index (χ3v) is 2.66. The second-order valence-corrected chi connectivity index (χ2v) is 4.79. The summed E-state index contributed by atoms with van der Waals surface area (Å²) in [6.45, 7) is 3.79. The number of rotatable bonds is 5. The van der Waals surface area contributed by atoms with Crippen molar-refractivity contribution in [2.45, 2.75) is 19.9 Å². The fourth-order valence-corrected chi connectivity index (χ4v) is 1.70. The van der Waals surface area contributed by atoms with Gasteiger partial charge in [0.05, 0.1) is 7.11 Å². The van der Waals surface area contributed by atoms with Crippen molar-refractivity contribution < 1.29 is 9.53 Å². The van der Waals surface area contributed by atoms with Gasteiger partial charge in [-0.05, 0) is 38.1 Å². The summed E-state index contributed by atoms with van der Waals surface area (Å²) in [5.41, 5.74) is 1.13. The number of ether oxygens (including phenoxy) is 1. The fraction of sp³-hybridized carbons (Fsp3) is 0.267. The molecule has 0 spiro atoms. The van der Waals surface area contributed by atoms with Crippen LogP contribution in [-0.2, 0) is 0 Å². The third kappa shape index (κ3) is 4.17. The molecule has 1 amide bonds. The van der Waals surface area contributed by atoms with Crippen molar-refractivity contribution in [3.05, 3.63) is 42.1 Å². The smallest absolute Gasteiger partial charge is 0.271 e. The van der Waals surface area contributed by atoms with E-state index >= 15 is 0 Å². The van der Waals surface area contributed by atoms with Crippen LogP contribution in [0.15, 0.2) is 36.4 Å². The predicted octanol–water partition coefficient (Wildman–Crippen LogP) is 2.37. The first-order valence-corrected chi connectivity index (χ1v) is 6.64. The van der Waals surface area contributed by atoms with Crippen LogP contribution in [0.1, 0.15) is 24.3 Å². The highest BCUT2D eigenvalue weighted by atomic mass is 16.5. The number of aromatic nitrogens is 2. The van der Waals surface area contributed by atoms with Gasteiger partial charge in [0, 0.05) is 17.8 Å². The standard InChI is InChI=1S/C15H18N4O2/c1-10(2)16-15(20)13-7-8-14(19-18-13)17-11-5-4-6-12(9-11)21-3/h4-10H,1-3H3,(H,16,20)(H,17,19). The fourth-order valence-electron chi connectivity index (χ4n) is 1.70. The molecule has 0 saturated carbocycles. The van der Waals surface area contributed by atoms with Crippen LogP contribution in [-0.4, -0.2) is 29.3 Å². The van der Waals surface area contributed by atoms with E-state index in [2.05, 4.69) is 20.8 Å². The van der Waals surface area contributed by atoms with Gasteiger partial charge in [-0.15, -0.1) is 10.2 Å². The van der Waals surface area contributed by atoms with Crippen LogP contribution in [0.25, 0.3) is 0 Å². The zero-order chi connectivity index (χ0) is 15.2. The molecule has 0 aliphatic heterocycles. The minimum Gasteiger partial charge on any atom is -0.497 e. The van der Waals surface area contributed by atoms with E-state index in [0.29, 0.717) is 11.5 Å². The molecular formula is C15H18N4O2. The number of amides is 1. The van der Waals surface area contributed by atoms with Crippen LogP contribution >= 0.6 is 0 Å². The number of benzene rings is 1. The van der Waals surface area contributed by atoms with Gasteiger partial charge in [-0.25, -0.2) is 0 Å². The highest BCUT2D eigenvalue weighted by molar-refractivity contribution is 5.92. The van der Waals surface area contributed by atoms with Crippen molar-refractivity contribution in [2.75, 3.05) is 12.4 Å². The summed E-state index contributed by atoms with van der Waals surface area (Å²) in [7, 11) is 1.61. The SMILES string of the molecule is COc1cccc(Nc2ccc(C(=O)NC(C)C)nn2)c1. The molecule has 2 aromatic rings. The van der Waals surface area contributed by atoms with Crippen LogP contribution in [0.5, 0.6) is 5.75 Å². The molecule has 6 heteroatoms. The highest BCUT2D eigenvalue weighted by Gasteiger charge is 2.09. The van der Waals surface area contributed by atoms with Gasteiger partial charge in [0.2, 0.25) is 0 Å². The summed E-state index contributed by atoms with van der Waals surface area (Å²) in [6.07, 6.45) is 0. The lowest BCUT2D eigenvalue weighted by Gasteiger charge is -2.09. The number of nitrogens with zero attached hydrogens (tertiary/aromatic N) is 2. The van der Waals surface area contributed by atoms with Crippen LogP contribution in [0.4, 0.5) is 11.5 Å². The maximum absolute atomic E-state index is 11.8. The van der Waals surface area contributed by atoms with E-state index in [4.69, 9.17) is 4.74 Å². The summed E-state index contributed by atoms with van der Waals surface area (Å²) in [4.78, 5) is 11.8. The van der Waals surface area contributed by atoms with E-state index in [-0.39, 0.29) is 11.9 Å². The van der Waals surface area contributed by atoms with Crippen molar-refractivity contribution in [1.29, 1.82) is 0 Å². The molecule has 21 heavy (non-hydrogen) atoms. The molecule has 1 heterocycles. The van der Waals surface area contributed by atoms with Crippen LogP contribution in [0, 0.1) is 0 Å². The Hall–Kier alpha value is -2.63. The average Bonchev–Trinajstić information content (AvgIpc) is 2.47. The minimum absolute atomic E-state index is 0.0638. The molecule has 2 rings (SSSR count). The molecule has 0 bridgehead atoms. The number of carbonyl (C=O) groups is 1. The Morgan fingerprint density at radius 3 is 2.62 bits per heavy atom. The monoisotopic (exact) mass is 286 g/mol. The van der Waals surface area contributed by atoms with E-state index in [1.54, 1.807) is 19.2 Å². The Morgan fingerprint density at radius 1 is 1.19 bits per heavy atom. The third-order valence-electron chi connectivity index (χ3n) is 2.66. The molecule has 0 saturated heterocycles. The van der Waals surface area contributed by atoms with Gasteiger partial charge in [-0.3, -0.25) is 4.79 Å². The van der Waals surface area contributed by atoms with Crippen molar-refractivity contribution in [3.8, 4) is 5.75 Å². The van der Waals surface area contributed by atoms with Gasteiger partial charge in [0.1, 0.15) is 5.75 Å². The summed E-state index contributed by atoms with van der Waals surface area (Å²) in [6, 6.07) is 10.9. The topological polar surface area (TPSA) is 76.1 Å². The maximum atomic E-state index is 11.8. The lowest BCUT2D eigenvalue weighted by Crippen LogP contribution is -2.30.